The number of amides is 1. The van der Waals surface area contributed by atoms with Crippen LogP contribution in [0.25, 0.3) is 10.9 Å². The summed E-state index contributed by atoms with van der Waals surface area (Å²) in [6.07, 6.45) is 0. The lowest BCUT2D eigenvalue weighted by molar-refractivity contribution is -0.138. The number of hydrogen-bond acceptors (Lipinski definition) is 6. The van der Waals surface area contributed by atoms with E-state index in [9.17, 15) is 9.59 Å². The average molecular weight is 358 g/mol. The van der Waals surface area contributed by atoms with Crippen molar-refractivity contribution in [2.75, 3.05) is 40.0 Å². The van der Waals surface area contributed by atoms with E-state index in [1.807, 2.05) is 31.2 Å². The lowest BCUT2D eigenvalue weighted by Crippen LogP contribution is -2.42. The number of benzene rings is 1. The zero-order valence-electron chi connectivity index (χ0n) is 15.0. The second kappa shape index (κ2) is 8.25. The summed E-state index contributed by atoms with van der Waals surface area (Å²) in [5, 5.41) is 0.874. The number of methoxy groups -OCH3 is 1. The first-order valence-electron chi connectivity index (χ1n) is 8.51. The van der Waals surface area contributed by atoms with E-state index < -0.39 is 5.97 Å². The normalized spacial score (nSPS) is 14.5. The van der Waals surface area contributed by atoms with Crippen LogP contribution in [0.4, 0.5) is 0 Å². The van der Waals surface area contributed by atoms with E-state index in [2.05, 4.69) is 4.98 Å². The molecule has 2 heterocycles. The van der Waals surface area contributed by atoms with Gasteiger partial charge in [0, 0.05) is 25.6 Å². The molecular formula is C19H22N2O5. The summed E-state index contributed by atoms with van der Waals surface area (Å²) in [4.78, 5) is 31.0. The summed E-state index contributed by atoms with van der Waals surface area (Å²) < 4.78 is 15.7. The van der Waals surface area contributed by atoms with Gasteiger partial charge in [-0.2, -0.15) is 0 Å². The van der Waals surface area contributed by atoms with Crippen LogP contribution >= 0.6 is 0 Å². The van der Waals surface area contributed by atoms with Crippen LogP contribution in [-0.4, -0.2) is 61.8 Å². The van der Waals surface area contributed by atoms with Crippen molar-refractivity contribution < 1.29 is 23.8 Å². The highest BCUT2D eigenvalue weighted by Crippen LogP contribution is 2.24. The van der Waals surface area contributed by atoms with Gasteiger partial charge in [-0.3, -0.25) is 4.79 Å². The van der Waals surface area contributed by atoms with Crippen LogP contribution in [0.15, 0.2) is 24.3 Å². The fraction of sp³-hybridized carbons (Fsp3) is 0.421. The molecule has 0 radical (unpaired) electrons. The molecule has 0 spiro atoms. The number of morpholine rings is 1. The van der Waals surface area contributed by atoms with Crippen molar-refractivity contribution in [3.8, 4) is 0 Å². The molecule has 2 aromatic rings. The fourth-order valence-electron chi connectivity index (χ4n) is 3.06. The minimum Gasteiger partial charge on any atom is -0.452 e. The second-order valence-electron chi connectivity index (χ2n) is 6.08. The Bertz CT molecular complexity index is 815. The van der Waals surface area contributed by atoms with Crippen LogP contribution in [0.1, 0.15) is 21.6 Å². The topological polar surface area (TPSA) is 78.0 Å². The first-order valence-corrected chi connectivity index (χ1v) is 8.51. The maximum atomic E-state index is 12.7. The van der Waals surface area contributed by atoms with Crippen LogP contribution in [-0.2, 0) is 25.6 Å². The third kappa shape index (κ3) is 3.84. The molecule has 7 nitrogen and oxygen atoms in total. The summed E-state index contributed by atoms with van der Waals surface area (Å²) in [5.41, 5.74) is 2.43. The molecule has 0 N–H and O–H groups in total. The molecule has 0 atom stereocenters. The van der Waals surface area contributed by atoms with Crippen molar-refractivity contribution in [3.05, 3.63) is 41.1 Å². The molecule has 1 aromatic carbocycles. The summed E-state index contributed by atoms with van der Waals surface area (Å²) in [7, 11) is 1.54. The number of aryl methyl sites for hydroxylation is 1. The van der Waals surface area contributed by atoms with Crippen LogP contribution in [0.3, 0.4) is 0 Å². The molecule has 3 rings (SSSR count). The minimum atomic E-state index is -0.561. The van der Waals surface area contributed by atoms with Gasteiger partial charge < -0.3 is 19.1 Å². The summed E-state index contributed by atoms with van der Waals surface area (Å²) in [6.45, 7) is 3.79. The highest BCUT2D eigenvalue weighted by Gasteiger charge is 2.23. The number of pyridine rings is 1. The molecule has 0 unspecified atom stereocenters. The number of carbonyl (C=O) groups is 2. The monoisotopic (exact) mass is 358 g/mol. The van der Waals surface area contributed by atoms with Gasteiger partial charge in [0.1, 0.15) is 0 Å². The van der Waals surface area contributed by atoms with E-state index in [0.717, 1.165) is 16.5 Å². The predicted molar refractivity (Wildman–Crippen MR) is 94.9 cm³/mol. The molecule has 0 aliphatic carbocycles. The number of fused-ring (bicyclic) bond motifs is 1. The Morgan fingerprint density at radius 1 is 1.23 bits per heavy atom. The number of ether oxygens (including phenoxy) is 3. The van der Waals surface area contributed by atoms with Crippen molar-refractivity contribution in [2.24, 2.45) is 0 Å². The molecular weight excluding hydrogens is 336 g/mol. The highest BCUT2D eigenvalue weighted by atomic mass is 16.5. The van der Waals surface area contributed by atoms with Gasteiger partial charge in [-0.05, 0) is 18.6 Å². The SMILES string of the molecule is COCc1nc2ccccc2c(C)c1C(=O)OCC(=O)N1CCOCC1. The average Bonchev–Trinajstić information content (AvgIpc) is 2.67. The number of nitrogens with zero attached hydrogens (tertiary/aromatic N) is 2. The molecule has 0 bridgehead atoms. The lowest BCUT2D eigenvalue weighted by Gasteiger charge is -2.26. The summed E-state index contributed by atoms with van der Waals surface area (Å²) in [6, 6.07) is 7.58. The van der Waals surface area contributed by atoms with Crippen molar-refractivity contribution >= 4 is 22.8 Å². The standard InChI is InChI=1S/C19H22N2O5/c1-13-14-5-3-4-6-15(14)20-16(11-24-2)18(13)19(23)26-12-17(22)21-7-9-25-10-8-21/h3-6H,7-12H2,1-2H3. The minimum absolute atomic E-state index is 0.188. The number of rotatable bonds is 5. The molecule has 26 heavy (non-hydrogen) atoms. The third-order valence-electron chi connectivity index (χ3n) is 4.40. The lowest BCUT2D eigenvalue weighted by atomic mass is 10.0. The first kappa shape index (κ1) is 18.3. The van der Waals surface area contributed by atoms with Gasteiger partial charge in [0.15, 0.2) is 6.61 Å². The third-order valence-corrected chi connectivity index (χ3v) is 4.40. The molecule has 138 valence electrons. The van der Waals surface area contributed by atoms with E-state index in [0.29, 0.717) is 37.6 Å². The highest BCUT2D eigenvalue weighted by molar-refractivity contribution is 5.99. The first-order chi connectivity index (χ1) is 12.6. The van der Waals surface area contributed by atoms with E-state index in [1.165, 1.54) is 0 Å². The Morgan fingerprint density at radius 2 is 1.96 bits per heavy atom. The second-order valence-corrected chi connectivity index (χ2v) is 6.08. The van der Waals surface area contributed by atoms with Gasteiger partial charge in [0.2, 0.25) is 0 Å². The van der Waals surface area contributed by atoms with Gasteiger partial charge in [-0.15, -0.1) is 0 Å². The van der Waals surface area contributed by atoms with Gasteiger partial charge in [0.25, 0.3) is 5.91 Å². The van der Waals surface area contributed by atoms with Crippen molar-refractivity contribution in [1.29, 1.82) is 0 Å². The number of carbonyl (C=O) groups excluding carboxylic acids is 2. The summed E-state index contributed by atoms with van der Waals surface area (Å²) in [5.74, 6) is -0.782. The largest absolute Gasteiger partial charge is 0.452 e. The van der Waals surface area contributed by atoms with Gasteiger partial charge in [-0.25, -0.2) is 9.78 Å². The summed E-state index contributed by atoms with van der Waals surface area (Å²) >= 11 is 0. The van der Waals surface area contributed by atoms with Gasteiger partial charge >= 0.3 is 5.97 Å². The Morgan fingerprint density at radius 3 is 2.69 bits per heavy atom. The van der Waals surface area contributed by atoms with Crippen LogP contribution in [0.5, 0.6) is 0 Å². The Hall–Kier alpha value is -2.51. The predicted octanol–water partition coefficient (Wildman–Crippen LogP) is 1.71. The molecule has 1 aliphatic heterocycles. The van der Waals surface area contributed by atoms with E-state index in [4.69, 9.17) is 14.2 Å². The van der Waals surface area contributed by atoms with E-state index in [1.54, 1.807) is 12.0 Å². The maximum absolute atomic E-state index is 12.7. The number of esters is 1. The zero-order chi connectivity index (χ0) is 18.5. The molecule has 1 fully saturated rings. The van der Waals surface area contributed by atoms with Crippen molar-refractivity contribution in [1.82, 2.24) is 9.88 Å². The van der Waals surface area contributed by atoms with E-state index in [-0.39, 0.29) is 19.1 Å². The van der Waals surface area contributed by atoms with E-state index >= 15 is 0 Å². The molecule has 1 aromatic heterocycles. The Kier molecular flexibility index (Phi) is 5.80. The van der Waals surface area contributed by atoms with Crippen LogP contribution in [0.2, 0.25) is 0 Å². The van der Waals surface area contributed by atoms with Crippen LogP contribution < -0.4 is 0 Å². The maximum Gasteiger partial charge on any atom is 0.340 e. The van der Waals surface area contributed by atoms with Crippen LogP contribution in [0, 0.1) is 6.92 Å². The molecule has 0 saturated carbocycles. The number of para-hydroxylation sites is 1. The van der Waals surface area contributed by atoms with Gasteiger partial charge in [0.05, 0.1) is 36.6 Å². The molecule has 1 aliphatic rings. The number of hydrogen-bond donors (Lipinski definition) is 0. The van der Waals surface area contributed by atoms with Crippen molar-refractivity contribution in [2.45, 2.75) is 13.5 Å². The fourth-order valence-corrected chi connectivity index (χ4v) is 3.06. The smallest absolute Gasteiger partial charge is 0.340 e. The number of aromatic nitrogens is 1. The van der Waals surface area contributed by atoms with Gasteiger partial charge in [-0.1, -0.05) is 18.2 Å². The molecule has 7 heteroatoms. The zero-order valence-corrected chi connectivity index (χ0v) is 15.0. The molecule has 1 saturated heterocycles. The Labute approximate surface area is 151 Å². The molecule has 1 amide bonds. The Balaban J connectivity index is 1.81. The van der Waals surface area contributed by atoms with Crippen molar-refractivity contribution in [3.63, 3.8) is 0 Å². The quantitative estimate of drug-likeness (QED) is 0.757.